The van der Waals surface area contributed by atoms with Crippen molar-refractivity contribution in [3.63, 3.8) is 0 Å². The van der Waals surface area contributed by atoms with Crippen molar-refractivity contribution < 1.29 is 25.8 Å². The third-order valence-corrected chi connectivity index (χ3v) is 35.0. The molecule has 4 nitrogen and oxygen atoms in total. The predicted molar refractivity (Wildman–Crippen MR) is 304 cm³/mol. The van der Waals surface area contributed by atoms with Gasteiger partial charge in [0.1, 0.15) is 0 Å². The summed E-state index contributed by atoms with van der Waals surface area (Å²) in [6, 6.07) is 60.5. The number of benzene rings is 8. The number of carbonyl (C=O) groups is 2. The van der Waals surface area contributed by atoms with Crippen molar-refractivity contribution in [1.29, 1.82) is 0 Å². The van der Waals surface area contributed by atoms with Crippen LogP contribution in [-0.4, -0.2) is 16.3 Å². The molecule has 2 aliphatic carbocycles. The molecule has 0 saturated carbocycles. The van der Waals surface area contributed by atoms with Crippen molar-refractivity contribution in [2.45, 2.75) is 75.5 Å². The molecule has 2 aliphatic rings. The fraction of sp³-hybridized carbons (Fsp3) is 0.219. The molecule has 8 aromatic rings. The van der Waals surface area contributed by atoms with Crippen LogP contribution < -0.4 is 10.5 Å². The topological polar surface area (TPSA) is 58.2 Å². The zero-order valence-electron chi connectivity index (χ0n) is 42.5. The number of rotatable bonds is 11. The Morgan fingerprint density at radius 1 is 0.444 bits per heavy atom. The molecule has 0 heterocycles. The van der Waals surface area contributed by atoms with E-state index < -0.39 is 38.8 Å². The van der Waals surface area contributed by atoms with Crippen LogP contribution in [0.15, 0.2) is 181 Å². The Kier molecular flexibility index (Phi) is 13.1. The van der Waals surface area contributed by atoms with Crippen LogP contribution in [0.4, 0.5) is 0 Å². The molecule has 8 aromatic carbocycles. The molecule has 0 saturated heterocycles. The summed E-state index contributed by atoms with van der Waals surface area (Å²) in [7, 11) is 18.6. The van der Waals surface area contributed by atoms with E-state index in [9.17, 15) is 26.6 Å². The summed E-state index contributed by atoms with van der Waals surface area (Å²) in [5.74, 6) is -0.458. The number of hydrogen-bond acceptors (Lipinski definition) is 2. The average molecular weight is 1060 g/mol. The summed E-state index contributed by atoms with van der Waals surface area (Å²) < 4.78 is -2.17. The van der Waals surface area contributed by atoms with Gasteiger partial charge in [-0.1, -0.05) is 0 Å². The quantitative estimate of drug-likeness (QED) is 0.127. The molecule has 0 spiro atoms. The Hall–Kier alpha value is -5.77. The average Bonchev–Trinajstić information content (AvgIpc) is 4.01. The first-order chi connectivity index (χ1) is 34.4. The second-order valence-corrected chi connectivity index (χ2v) is 43.2. The van der Waals surface area contributed by atoms with Crippen LogP contribution in [0.2, 0.25) is 0 Å². The molecule has 361 valence electrons. The summed E-state index contributed by atoms with van der Waals surface area (Å²) in [5, 5.41) is 11.4. The van der Waals surface area contributed by atoms with E-state index in [2.05, 4.69) is 234 Å². The molecular formula is C64H62BCl2N2O2Zr. The molecule has 10 rings (SSSR count). The molecule has 0 aliphatic heterocycles. The van der Waals surface area contributed by atoms with Gasteiger partial charge in [0.05, 0.1) is 0 Å². The van der Waals surface area contributed by atoms with Gasteiger partial charge >= 0.3 is 437 Å². The summed E-state index contributed by atoms with van der Waals surface area (Å²) in [5.41, 5.74) is 14.3. The van der Waals surface area contributed by atoms with Gasteiger partial charge in [0.25, 0.3) is 0 Å². The number of carbonyl (C=O) groups excluding carboxylic acids is 2. The van der Waals surface area contributed by atoms with Crippen LogP contribution in [0.1, 0.15) is 97.7 Å². The molecule has 0 fully saturated rings. The van der Waals surface area contributed by atoms with Crippen LogP contribution in [0.5, 0.6) is 0 Å². The van der Waals surface area contributed by atoms with Crippen LogP contribution in [0, 0.1) is 10.8 Å². The number of hydrogen-bond donors (Lipinski definition) is 2. The number of amides is 2. The predicted octanol–water partition coefficient (Wildman–Crippen LogP) is 17.4. The Morgan fingerprint density at radius 2 is 0.750 bits per heavy atom. The fourth-order valence-electron chi connectivity index (χ4n) is 11.9. The fourth-order valence-corrected chi connectivity index (χ4v) is 33.0. The van der Waals surface area contributed by atoms with Crippen molar-refractivity contribution in [3.05, 3.63) is 203 Å². The van der Waals surface area contributed by atoms with Crippen molar-refractivity contribution in [1.82, 2.24) is 10.5 Å². The van der Waals surface area contributed by atoms with E-state index in [0.717, 1.165) is 77.9 Å². The molecule has 8 heteroatoms. The first-order valence-electron chi connectivity index (χ1n) is 25.4. The van der Waals surface area contributed by atoms with E-state index in [1.165, 1.54) is 21.5 Å². The van der Waals surface area contributed by atoms with Gasteiger partial charge in [0, 0.05) is 0 Å². The standard InChI is InChI=1S/2C29H25.C6H11BN2O2.2ClH.Zr/c2*1-29(2,3)22-18-21-12-9-17-27(28(21)19-22)26-15-7-6-14-25(26)24-16-8-11-20-10-4-5-13-23(20)24;1-3-5(10)8-7-9-6(11)4-2;;;/h2*4-19H,1-3H3;3-4H2,1-2H3,(H-,8,9,10,11);2*1H;/q;;;;;+1/p-1. The van der Waals surface area contributed by atoms with Gasteiger partial charge in [0.15, 0.2) is 0 Å². The maximum atomic E-state index is 14.2. The third-order valence-electron chi connectivity index (χ3n) is 15.4. The maximum absolute atomic E-state index is 14.2. The summed E-state index contributed by atoms with van der Waals surface area (Å²) >= 11 is -6.38. The van der Waals surface area contributed by atoms with E-state index in [1.807, 2.05) is 13.8 Å². The van der Waals surface area contributed by atoms with Gasteiger partial charge in [-0.05, 0) is 0 Å². The normalized spacial score (nSPS) is 16.1. The van der Waals surface area contributed by atoms with Crippen molar-refractivity contribution in [2.24, 2.45) is 10.8 Å². The molecule has 72 heavy (non-hydrogen) atoms. The van der Waals surface area contributed by atoms with Crippen LogP contribution in [0.25, 0.3) is 78.2 Å². The Balaban J connectivity index is 1.26. The van der Waals surface area contributed by atoms with E-state index in [4.69, 9.17) is 0 Å². The molecule has 2 N–H and O–H groups in total. The summed E-state index contributed by atoms with van der Waals surface area (Å²) in [6.45, 7) is 17.1. The zero-order valence-corrected chi connectivity index (χ0v) is 46.5. The van der Waals surface area contributed by atoms with Gasteiger partial charge < -0.3 is 0 Å². The van der Waals surface area contributed by atoms with Gasteiger partial charge in [-0.25, -0.2) is 0 Å². The first-order valence-corrected chi connectivity index (χ1v) is 36.0. The summed E-state index contributed by atoms with van der Waals surface area (Å²) in [6.07, 6.45) is 5.07. The molecule has 2 unspecified atom stereocenters. The van der Waals surface area contributed by atoms with Crippen LogP contribution in [-0.2, 0) is 25.8 Å². The van der Waals surface area contributed by atoms with Crippen molar-refractivity contribution in [2.75, 3.05) is 0 Å². The number of fused-ring (bicyclic) bond motifs is 4. The van der Waals surface area contributed by atoms with E-state index in [0.29, 0.717) is 0 Å². The second kappa shape index (κ2) is 18.9. The minimum atomic E-state index is -6.38. The van der Waals surface area contributed by atoms with E-state index >= 15 is 0 Å². The molecule has 0 aromatic heterocycles. The Bertz CT molecular complexity index is 3310. The molecule has 2 atom stereocenters. The Labute approximate surface area is 434 Å². The van der Waals surface area contributed by atoms with Crippen LogP contribution >= 0.6 is 17.0 Å². The minimum absolute atomic E-state index is 0.189. The number of allylic oxidation sites excluding steroid dienone is 2. The molecule has 0 radical (unpaired) electrons. The van der Waals surface area contributed by atoms with Gasteiger partial charge in [0.2, 0.25) is 0 Å². The van der Waals surface area contributed by atoms with Crippen LogP contribution in [0.3, 0.4) is 0 Å². The van der Waals surface area contributed by atoms with E-state index in [1.54, 1.807) is 0 Å². The van der Waals surface area contributed by atoms with Gasteiger partial charge in [-0.2, -0.15) is 0 Å². The summed E-state index contributed by atoms with van der Waals surface area (Å²) in [4.78, 5) is 28.4. The molecule has 0 bridgehead atoms. The van der Waals surface area contributed by atoms with Crippen molar-refractivity contribution in [3.8, 4) is 44.5 Å². The SMILES string of the molecule is CCC(=O)N[B](NC(=O)CC)[Zr]([Cl])([Cl])([CH]1C(C(C)(C)C)=Cc2c(-c3ccccc3-c3cccc4ccccc34)cccc21)[CH]1C(C(C)(C)C)=Cc2c(-c3ccccc3-c3cccc4ccccc34)cccc21. The van der Waals surface area contributed by atoms with E-state index in [-0.39, 0.29) is 24.7 Å². The monoisotopic (exact) mass is 1060 g/mol. The molecular weight excluding hydrogens is 1000 g/mol. The number of halogens is 2. The van der Waals surface area contributed by atoms with Gasteiger partial charge in [-0.15, -0.1) is 0 Å². The third kappa shape index (κ3) is 8.46. The zero-order chi connectivity index (χ0) is 50.8. The van der Waals surface area contributed by atoms with Crippen molar-refractivity contribution >= 4 is 67.1 Å². The first kappa shape index (κ1) is 49.8. The number of nitrogens with one attached hydrogen (secondary N) is 2. The Morgan fingerprint density at radius 3 is 1.12 bits per heavy atom. The molecule has 2 amide bonds. The van der Waals surface area contributed by atoms with Gasteiger partial charge in [-0.3, -0.25) is 0 Å². The second-order valence-electron chi connectivity index (χ2n) is 21.8.